The molecule has 3 aromatic rings. The summed E-state index contributed by atoms with van der Waals surface area (Å²) in [5.74, 6) is -1.29. The van der Waals surface area contributed by atoms with E-state index in [9.17, 15) is 31.1 Å². The molecule has 1 aromatic carbocycles. The van der Waals surface area contributed by atoms with E-state index in [1.165, 1.54) is 23.5 Å². The van der Waals surface area contributed by atoms with E-state index >= 15 is 0 Å². The highest BCUT2D eigenvalue weighted by molar-refractivity contribution is 7.15. The molecule has 164 valence electrons. The minimum Gasteiger partial charge on any atom is -0.303 e. The van der Waals surface area contributed by atoms with Gasteiger partial charge in [-0.25, -0.2) is 4.98 Å². The molecule has 0 atom stereocenters. The average Bonchev–Trinajstić information content (AvgIpc) is 3.15. The number of benzene rings is 1. The normalized spacial score (nSPS) is 15.2. The van der Waals surface area contributed by atoms with Crippen LogP contribution >= 0.6 is 11.3 Å². The van der Waals surface area contributed by atoms with Gasteiger partial charge in [0.15, 0.2) is 0 Å². The van der Waals surface area contributed by atoms with Crippen LogP contribution < -0.4 is 5.56 Å². The summed E-state index contributed by atoms with van der Waals surface area (Å²) in [5, 5.41) is 0. The van der Waals surface area contributed by atoms with Crippen LogP contribution in [0.25, 0.3) is 10.4 Å². The summed E-state index contributed by atoms with van der Waals surface area (Å²) in [6.07, 6.45) is -8.88. The van der Waals surface area contributed by atoms with Gasteiger partial charge in [0.1, 0.15) is 0 Å². The van der Waals surface area contributed by atoms with Gasteiger partial charge < -0.3 is 4.98 Å². The summed E-state index contributed by atoms with van der Waals surface area (Å²) in [4.78, 5) is 21.1. The third kappa shape index (κ3) is 4.67. The molecule has 2 aromatic heterocycles. The van der Waals surface area contributed by atoms with Crippen molar-refractivity contribution in [1.82, 2.24) is 14.9 Å². The van der Waals surface area contributed by atoms with Crippen molar-refractivity contribution in [3.8, 4) is 10.4 Å². The Morgan fingerprint density at radius 2 is 1.71 bits per heavy atom. The van der Waals surface area contributed by atoms with Gasteiger partial charge in [-0.05, 0) is 29.8 Å². The minimum absolute atomic E-state index is 0.156. The van der Waals surface area contributed by atoms with Crippen molar-refractivity contribution < 1.29 is 26.3 Å². The lowest BCUT2D eigenvalue weighted by molar-refractivity contribution is -0.145. The van der Waals surface area contributed by atoms with Gasteiger partial charge in [0, 0.05) is 35.8 Å². The van der Waals surface area contributed by atoms with E-state index in [0.29, 0.717) is 18.7 Å². The Bertz CT molecular complexity index is 1150. The van der Waals surface area contributed by atoms with Crippen LogP contribution in [0.4, 0.5) is 26.3 Å². The molecule has 31 heavy (non-hydrogen) atoms. The Morgan fingerprint density at radius 3 is 2.35 bits per heavy atom. The van der Waals surface area contributed by atoms with Gasteiger partial charge in [-0.3, -0.25) is 9.69 Å². The van der Waals surface area contributed by atoms with Crippen molar-refractivity contribution in [2.45, 2.75) is 31.9 Å². The van der Waals surface area contributed by atoms with Crippen LogP contribution in [-0.4, -0.2) is 21.4 Å². The van der Waals surface area contributed by atoms with Crippen molar-refractivity contribution in [2.75, 3.05) is 6.54 Å². The van der Waals surface area contributed by atoms with Crippen LogP contribution in [0.15, 0.2) is 41.2 Å². The molecular formula is C20H15F6N3OS. The van der Waals surface area contributed by atoms with Crippen molar-refractivity contribution in [3.63, 3.8) is 0 Å². The molecule has 0 unspecified atom stereocenters. The SMILES string of the molecule is O=c1[nH]c(C(F)(F)F)nc2c1CN(Cc1ccc(-c3ccc(C(F)(F)F)cc3)s1)CC2. The fourth-order valence-electron chi connectivity index (χ4n) is 3.41. The summed E-state index contributed by atoms with van der Waals surface area (Å²) >= 11 is 1.41. The number of alkyl halides is 6. The van der Waals surface area contributed by atoms with Gasteiger partial charge in [-0.2, -0.15) is 26.3 Å². The molecular weight excluding hydrogens is 444 g/mol. The first-order valence-corrected chi connectivity index (χ1v) is 10.0. The molecule has 11 heteroatoms. The molecule has 0 bridgehead atoms. The molecule has 0 amide bonds. The predicted molar refractivity (Wildman–Crippen MR) is 102 cm³/mol. The fraction of sp³-hybridized carbons (Fsp3) is 0.300. The smallest absolute Gasteiger partial charge is 0.303 e. The summed E-state index contributed by atoms with van der Waals surface area (Å²) < 4.78 is 76.6. The number of rotatable bonds is 3. The lowest BCUT2D eigenvalue weighted by atomic mass is 10.1. The van der Waals surface area contributed by atoms with E-state index < -0.39 is 29.3 Å². The Morgan fingerprint density at radius 1 is 1.00 bits per heavy atom. The van der Waals surface area contributed by atoms with Crippen LogP contribution in [-0.2, 0) is 31.9 Å². The maximum Gasteiger partial charge on any atom is 0.449 e. The molecule has 1 aliphatic rings. The van der Waals surface area contributed by atoms with E-state index in [2.05, 4.69) is 4.98 Å². The third-order valence-corrected chi connectivity index (χ3v) is 6.07. The van der Waals surface area contributed by atoms with E-state index in [0.717, 1.165) is 21.9 Å². The second kappa shape index (κ2) is 7.79. The van der Waals surface area contributed by atoms with Crippen LogP contribution in [0.3, 0.4) is 0 Å². The van der Waals surface area contributed by atoms with Crippen molar-refractivity contribution in [1.29, 1.82) is 0 Å². The van der Waals surface area contributed by atoms with Gasteiger partial charge in [0.25, 0.3) is 5.56 Å². The molecule has 0 fully saturated rings. The number of fused-ring (bicyclic) bond motifs is 1. The number of hydrogen-bond acceptors (Lipinski definition) is 4. The second-order valence-corrected chi connectivity index (χ2v) is 8.31. The number of H-pyrrole nitrogens is 1. The zero-order chi connectivity index (χ0) is 22.4. The van der Waals surface area contributed by atoms with Crippen LogP contribution in [0, 0.1) is 0 Å². The molecule has 4 nitrogen and oxygen atoms in total. The summed E-state index contributed by atoms with van der Waals surface area (Å²) in [5.41, 5.74) is -0.470. The zero-order valence-electron chi connectivity index (χ0n) is 15.8. The van der Waals surface area contributed by atoms with Crippen LogP contribution in [0.5, 0.6) is 0 Å². The van der Waals surface area contributed by atoms with Gasteiger partial charge in [-0.1, -0.05) is 12.1 Å². The van der Waals surface area contributed by atoms with Crippen LogP contribution in [0.2, 0.25) is 0 Å². The maximum absolute atomic E-state index is 12.8. The maximum atomic E-state index is 12.8. The minimum atomic E-state index is -4.71. The summed E-state index contributed by atoms with van der Waals surface area (Å²) in [6, 6.07) is 8.56. The predicted octanol–water partition coefficient (Wildman–Crippen LogP) is 5.09. The first-order valence-electron chi connectivity index (χ1n) is 9.18. The molecule has 4 rings (SSSR count). The van der Waals surface area contributed by atoms with Crippen molar-refractivity contribution in [3.05, 3.63) is 74.3 Å². The molecule has 0 saturated heterocycles. The number of nitrogens with one attached hydrogen (secondary N) is 1. The average molecular weight is 459 g/mol. The van der Waals surface area contributed by atoms with E-state index in [-0.39, 0.29) is 24.2 Å². The quantitative estimate of drug-likeness (QED) is 0.555. The van der Waals surface area contributed by atoms with Gasteiger partial charge >= 0.3 is 12.4 Å². The van der Waals surface area contributed by atoms with E-state index in [1.54, 1.807) is 4.98 Å². The Balaban J connectivity index is 1.47. The number of aromatic amines is 1. The number of halogens is 6. The first-order chi connectivity index (χ1) is 14.5. The Kier molecular flexibility index (Phi) is 5.42. The van der Waals surface area contributed by atoms with E-state index in [4.69, 9.17) is 0 Å². The van der Waals surface area contributed by atoms with E-state index in [1.807, 2.05) is 17.0 Å². The van der Waals surface area contributed by atoms with Crippen molar-refractivity contribution >= 4 is 11.3 Å². The summed E-state index contributed by atoms with van der Waals surface area (Å²) in [7, 11) is 0. The molecule has 1 N–H and O–H groups in total. The number of nitrogens with zero attached hydrogens (tertiary/aromatic N) is 2. The van der Waals surface area contributed by atoms with Crippen molar-refractivity contribution in [2.24, 2.45) is 0 Å². The molecule has 0 aliphatic carbocycles. The first kappa shape index (κ1) is 21.6. The standard InChI is InChI=1S/C20H15F6N3OS/c21-19(22,23)12-3-1-11(2-4-12)16-6-5-13(31-16)9-29-8-7-15-14(10-29)17(30)28-18(27-15)20(24,25)26/h1-6H,7-10H2,(H,27,28,30). The number of hydrogen-bond donors (Lipinski definition) is 1. The fourth-order valence-corrected chi connectivity index (χ4v) is 4.47. The summed E-state index contributed by atoms with van der Waals surface area (Å²) in [6.45, 7) is 1.07. The van der Waals surface area contributed by atoms with Gasteiger partial charge in [0.2, 0.25) is 5.82 Å². The third-order valence-electron chi connectivity index (χ3n) is 4.95. The lowest BCUT2D eigenvalue weighted by Gasteiger charge is -2.27. The second-order valence-electron chi connectivity index (χ2n) is 7.14. The highest BCUT2D eigenvalue weighted by Gasteiger charge is 2.36. The van der Waals surface area contributed by atoms with Crippen LogP contribution in [0.1, 0.15) is 27.5 Å². The largest absolute Gasteiger partial charge is 0.449 e. The molecule has 3 heterocycles. The molecule has 1 aliphatic heterocycles. The highest BCUT2D eigenvalue weighted by Crippen LogP contribution is 2.34. The number of thiophene rings is 1. The topological polar surface area (TPSA) is 49.0 Å². The monoisotopic (exact) mass is 459 g/mol. The Hall–Kier alpha value is -2.66. The van der Waals surface area contributed by atoms with Gasteiger partial charge in [-0.15, -0.1) is 11.3 Å². The zero-order valence-corrected chi connectivity index (χ0v) is 16.6. The highest BCUT2D eigenvalue weighted by atomic mass is 32.1. The Labute approximate surface area is 176 Å². The van der Waals surface area contributed by atoms with Gasteiger partial charge in [0.05, 0.1) is 16.8 Å². The number of aromatic nitrogens is 2. The molecule has 0 spiro atoms. The lowest BCUT2D eigenvalue weighted by Crippen LogP contribution is -2.36. The molecule has 0 saturated carbocycles. The molecule has 0 radical (unpaired) electrons.